The van der Waals surface area contributed by atoms with Crippen LogP contribution >= 0.6 is 11.6 Å². The van der Waals surface area contributed by atoms with Crippen molar-refractivity contribution in [2.24, 2.45) is 5.41 Å². The van der Waals surface area contributed by atoms with E-state index in [0.29, 0.717) is 5.56 Å². The number of halogens is 5. The molecule has 0 radical (unpaired) electrons. The number of aromatic nitrogens is 1. The number of nitrogens with zero attached hydrogens (tertiary/aromatic N) is 3. The molecule has 6 nitrogen and oxygen atoms in total. The molecule has 170 valence electrons. The number of amides is 2. The monoisotopic (exact) mass is 471 g/mol. The molecular formula is C21H18ClF4N3O3. The van der Waals surface area contributed by atoms with Gasteiger partial charge in [-0.2, -0.15) is 13.2 Å². The lowest BCUT2D eigenvalue weighted by molar-refractivity contribution is -0.174. The lowest BCUT2D eigenvalue weighted by Gasteiger charge is -2.51. The minimum absolute atomic E-state index is 0.0434. The van der Waals surface area contributed by atoms with Crippen molar-refractivity contribution >= 4 is 29.2 Å². The van der Waals surface area contributed by atoms with Crippen molar-refractivity contribution in [2.75, 3.05) is 24.7 Å². The van der Waals surface area contributed by atoms with Crippen LogP contribution in [-0.2, 0) is 27.0 Å². The summed E-state index contributed by atoms with van der Waals surface area (Å²) in [7, 11) is 0. The second-order valence-corrected chi connectivity index (χ2v) is 8.59. The van der Waals surface area contributed by atoms with Crippen LogP contribution in [0.2, 0.25) is 5.02 Å². The molecule has 1 unspecified atom stereocenters. The van der Waals surface area contributed by atoms with Crippen LogP contribution in [0.3, 0.4) is 0 Å². The maximum Gasteiger partial charge on any atom is 0.416 e. The average molecular weight is 472 g/mol. The summed E-state index contributed by atoms with van der Waals surface area (Å²) in [4.78, 5) is 32.7. The summed E-state index contributed by atoms with van der Waals surface area (Å²) in [6.45, 7) is 1.63. The Balaban J connectivity index is 1.66. The molecule has 3 heterocycles. The summed E-state index contributed by atoms with van der Waals surface area (Å²) in [5.74, 6) is -2.19. The van der Waals surface area contributed by atoms with Crippen LogP contribution in [0.5, 0.6) is 0 Å². The zero-order chi connectivity index (χ0) is 23.3. The number of ether oxygens (including phenoxy) is 1. The average Bonchev–Trinajstić information content (AvgIpc) is 2.69. The van der Waals surface area contributed by atoms with Crippen LogP contribution in [0.25, 0.3) is 0 Å². The number of alkyl halides is 3. The minimum Gasteiger partial charge on any atom is -0.380 e. The van der Waals surface area contributed by atoms with Gasteiger partial charge < -0.3 is 9.64 Å². The normalized spacial score (nSPS) is 21.0. The molecule has 2 aliphatic heterocycles. The number of hydrogen-bond donors (Lipinski definition) is 0. The number of anilines is 1. The number of pyridine rings is 1. The maximum absolute atomic E-state index is 14.5. The van der Waals surface area contributed by atoms with E-state index in [-0.39, 0.29) is 30.6 Å². The minimum atomic E-state index is -4.48. The SMILES string of the molecule is CC1(C2C(=O)N(c3ncc(Cl)cc3F)CC(=O)N2Cc2ccc(C(F)(F)F)cc2)COC1. The first-order chi connectivity index (χ1) is 15.0. The molecule has 2 aliphatic rings. The number of rotatable bonds is 4. The second kappa shape index (κ2) is 8.00. The number of piperazine rings is 1. The molecule has 11 heteroatoms. The lowest BCUT2D eigenvalue weighted by Crippen LogP contribution is -2.69. The molecule has 1 aromatic heterocycles. The maximum atomic E-state index is 14.5. The third kappa shape index (κ3) is 4.04. The van der Waals surface area contributed by atoms with Gasteiger partial charge in [0.2, 0.25) is 5.91 Å². The van der Waals surface area contributed by atoms with Crippen molar-refractivity contribution in [1.29, 1.82) is 0 Å². The van der Waals surface area contributed by atoms with Gasteiger partial charge in [0, 0.05) is 18.2 Å². The summed E-state index contributed by atoms with van der Waals surface area (Å²) in [5.41, 5.74) is -1.12. The van der Waals surface area contributed by atoms with Gasteiger partial charge in [0.15, 0.2) is 11.6 Å². The van der Waals surface area contributed by atoms with E-state index in [1.807, 2.05) is 0 Å². The van der Waals surface area contributed by atoms with Crippen LogP contribution in [0.4, 0.5) is 23.4 Å². The fraction of sp³-hybridized carbons (Fsp3) is 0.381. The van der Waals surface area contributed by atoms with Gasteiger partial charge in [0.1, 0.15) is 12.6 Å². The van der Waals surface area contributed by atoms with Crippen LogP contribution in [-0.4, -0.2) is 47.5 Å². The molecular weight excluding hydrogens is 454 g/mol. The van der Waals surface area contributed by atoms with Crippen molar-refractivity contribution in [3.8, 4) is 0 Å². The number of carbonyl (C=O) groups is 2. The van der Waals surface area contributed by atoms with Gasteiger partial charge in [0.05, 0.1) is 23.8 Å². The third-order valence-electron chi connectivity index (χ3n) is 5.63. The van der Waals surface area contributed by atoms with Crippen LogP contribution < -0.4 is 4.90 Å². The highest BCUT2D eigenvalue weighted by atomic mass is 35.5. The van der Waals surface area contributed by atoms with Crippen LogP contribution in [0.15, 0.2) is 36.5 Å². The summed E-state index contributed by atoms with van der Waals surface area (Å²) < 4.78 is 58.3. The van der Waals surface area contributed by atoms with Crippen molar-refractivity contribution in [3.05, 3.63) is 58.5 Å². The summed E-state index contributed by atoms with van der Waals surface area (Å²) >= 11 is 5.74. The summed E-state index contributed by atoms with van der Waals surface area (Å²) in [5, 5.41) is 0.0434. The molecule has 1 atom stereocenters. The van der Waals surface area contributed by atoms with Crippen LogP contribution in [0, 0.1) is 11.2 Å². The van der Waals surface area contributed by atoms with Gasteiger partial charge >= 0.3 is 6.18 Å². The van der Waals surface area contributed by atoms with E-state index in [9.17, 15) is 27.2 Å². The molecule has 0 spiro atoms. The number of hydrogen-bond acceptors (Lipinski definition) is 4. The zero-order valence-corrected chi connectivity index (χ0v) is 17.6. The molecule has 32 heavy (non-hydrogen) atoms. The van der Waals surface area contributed by atoms with Gasteiger partial charge in [-0.3, -0.25) is 14.5 Å². The Bertz CT molecular complexity index is 1060. The Hall–Kier alpha value is -2.72. The van der Waals surface area contributed by atoms with Crippen molar-refractivity contribution in [2.45, 2.75) is 25.7 Å². The first-order valence-corrected chi connectivity index (χ1v) is 10.0. The molecule has 2 amide bonds. The topological polar surface area (TPSA) is 62.7 Å². The van der Waals surface area contributed by atoms with E-state index in [1.54, 1.807) is 6.92 Å². The Morgan fingerprint density at radius 1 is 1.22 bits per heavy atom. The van der Waals surface area contributed by atoms with Crippen molar-refractivity contribution in [3.63, 3.8) is 0 Å². The van der Waals surface area contributed by atoms with Crippen molar-refractivity contribution < 1.29 is 31.9 Å². The number of carbonyl (C=O) groups excluding carboxylic acids is 2. The van der Waals surface area contributed by atoms with E-state index in [1.165, 1.54) is 23.2 Å². The van der Waals surface area contributed by atoms with Crippen molar-refractivity contribution in [1.82, 2.24) is 9.88 Å². The van der Waals surface area contributed by atoms with E-state index < -0.39 is 47.4 Å². The fourth-order valence-corrected chi connectivity index (χ4v) is 4.09. The fourth-order valence-electron chi connectivity index (χ4n) is 3.95. The predicted octanol–water partition coefficient (Wildman–Crippen LogP) is 3.67. The third-order valence-corrected chi connectivity index (χ3v) is 5.83. The Labute approximate surface area is 185 Å². The Kier molecular flexibility index (Phi) is 5.62. The van der Waals surface area contributed by atoms with E-state index in [4.69, 9.17) is 16.3 Å². The zero-order valence-electron chi connectivity index (χ0n) is 16.8. The Morgan fingerprint density at radius 3 is 2.41 bits per heavy atom. The smallest absolute Gasteiger partial charge is 0.380 e. The summed E-state index contributed by atoms with van der Waals surface area (Å²) in [6.07, 6.45) is -3.31. The molecule has 2 aromatic rings. The van der Waals surface area contributed by atoms with Gasteiger partial charge in [0.25, 0.3) is 5.91 Å². The predicted molar refractivity (Wildman–Crippen MR) is 106 cm³/mol. The molecule has 0 bridgehead atoms. The second-order valence-electron chi connectivity index (χ2n) is 8.15. The largest absolute Gasteiger partial charge is 0.416 e. The molecule has 2 fully saturated rings. The standard InChI is InChI=1S/C21H18ClF4N3O3/c1-20(10-32-11-20)17-19(31)29(18-15(23)6-14(22)7-27-18)9-16(30)28(17)8-12-2-4-13(5-3-12)21(24,25)26/h2-7,17H,8-11H2,1H3. The first-order valence-electron chi connectivity index (χ1n) is 9.65. The first kappa shape index (κ1) is 22.5. The molecule has 0 saturated carbocycles. The van der Waals surface area contributed by atoms with Crippen LogP contribution in [0.1, 0.15) is 18.1 Å². The number of benzene rings is 1. The highest BCUT2D eigenvalue weighted by Gasteiger charge is 2.54. The van der Waals surface area contributed by atoms with Gasteiger partial charge in [-0.15, -0.1) is 0 Å². The molecule has 2 saturated heterocycles. The lowest BCUT2D eigenvalue weighted by atomic mass is 9.77. The molecule has 1 aromatic carbocycles. The summed E-state index contributed by atoms with van der Waals surface area (Å²) in [6, 6.07) is 4.38. The van der Waals surface area contributed by atoms with E-state index in [0.717, 1.165) is 23.1 Å². The van der Waals surface area contributed by atoms with Gasteiger partial charge in [-0.1, -0.05) is 30.7 Å². The Morgan fingerprint density at radius 2 is 1.88 bits per heavy atom. The van der Waals surface area contributed by atoms with Gasteiger partial charge in [-0.05, 0) is 23.8 Å². The van der Waals surface area contributed by atoms with Gasteiger partial charge in [-0.25, -0.2) is 9.37 Å². The molecule has 0 N–H and O–H groups in total. The quantitative estimate of drug-likeness (QED) is 0.638. The molecule has 4 rings (SSSR count). The molecule has 0 aliphatic carbocycles. The van der Waals surface area contributed by atoms with E-state index >= 15 is 0 Å². The van der Waals surface area contributed by atoms with E-state index in [2.05, 4.69) is 4.98 Å². The highest BCUT2D eigenvalue weighted by molar-refractivity contribution is 6.30. The highest BCUT2D eigenvalue weighted by Crippen LogP contribution is 2.39.